The molecule has 5 nitrogen and oxygen atoms in total. The molecule has 116 valence electrons. The Bertz CT molecular complexity index is 791. The Morgan fingerprint density at radius 1 is 1.04 bits per heavy atom. The number of fused-ring (bicyclic) bond motifs is 1. The van der Waals surface area contributed by atoms with Crippen molar-refractivity contribution < 1.29 is 19.5 Å². The maximum atomic E-state index is 12.4. The summed E-state index contributed by atoms with van der Waals surface area (Å²) in [5, 5.41) is 9.98. The normalized spacial score (nSPS) is 13.3. The van der Waals surface area contributed by atoms with Crippen molar-refractivity contribution in [2.24, 2.45) is 0 Å². The van der Waals surface area contributed by atoms with Gasteiger partial charge in [0.15, 0.2) is 0 Å². The summed E-state index contributed by atoms with van der Waals surface area (Å²) in [6, 6.07) is 11.4. The van der Waals surface area contributed by atoms with Crippen molar-refractivity contribution >= 4 is 17.6 Å². The predicted molar refractivity (Wildman–Crippen MR) is 83.1 cm³/mol. The second-order valence-corrected chi connectivity index (χ2v) is 5.58. The zero-order chi connectivity index (χ0) is 16.6. The van der Waals surface area contributed by atoms with E-state index in [0.29, 0.717) is 16.7 Å². The number of phenols is 1. The number of hydrogen-bond donors (Lipinski definition) is 1. The lowest BCUT2D eigenvalue weighted by Gasteiger charge is -2.15. The fraction of sp³-hybridized carbons (Fsp3) is 0.167. The van der Waals surface area contributed by atoms with E-state index in [0.717, 1.165) is 10.5 Å². The van der Waals surface area contributed by atoms with Crippen LogP contribution in [0.15, 0.2) is 42.5 Å². The van der Waals surface area contributed by atoms with Gasteiger partial charge in [0.1, 0.15) is 11.5 Å². The number of hydrogen-bond acceptors (Lipinski definition) is 4. The predicted octanol–water partition coefficient (Wildman–Crippen LogP) is 2.32. The van der Waals surface area contributed by atoms with Crippen molar-refractivity contribution in [3.63, 3.8) is 0 Å². The van der Waals surface area contributed by atoms with E-state index >= 15 is 0 Å². The van der Waals surface area contributed by atoms with Gasteiger partial charge < -0.3 is 5.11 Å². The molecule has 2 amide bonds. The van der Waals surface area contributed by atoms with Gasteiger partial charge in [0.05, 0.1) is 17.7 Å². The molecule has 0 radical (unpaired) electrons. The van der Waals surface area contributed by atoms with Crippen LogP contribution in [0.4, 0.5) is 0 Å². The molecule has 0 spiro atoms. The molecular formula is C18H15NO4. The minimum Gasteiger partial charge on any atom is -0.508 e. The lowest BCUT2D eigenvalue weighted by Crippen LogP contribution is -2.29. The Labute approximate surface area is 133 Å². The average molecular weight is 309 g/mol. The van der Waals surface area contributed by atoms with E-state index in [1.54, 1.807) is 36.4 Å². The van der Waals surface area contributed by atoms with Gasteiger partial charge in [0.25, 0.3) is 11.8 Å². The zero-order valence-corrected chi connectivity index (χ0v) is 12.6. The lowest BCUT2D eigenvalue weighted by atomic mass is 10.0. The third kappa shape index (κ3) is 2.73. The van der Waals surface area contributed by atoms with E-state index in [1.807, 2.05) is 0 Å². The Morgan fingerprint density at radius 3 is 2.22 bits per heavy atom. The van der Waals surface area contributed by atoms with E-state index in [1.165, 1.54) is 13.0 Å². The molecule has 23 heavy (non-hydrogen) atoms. The van der Waals surface area contributed by atoms with Gasteiger partial charge >= 0.3 is 0 Å². The van der Waals surface area contributed by atoms with Crippen LogP contribution in [0.1, 0.15) is 38.8 Å². The quantitative estimate of drug-likeness (QED) is 0.880. The molecule has 3 rings (SSSR count). The van der Waals surface area contributed by atoms with Crippen LogP contribution in [0, 0.1) is 0 Å². The Hall–Kier alpha value is -2.95. The van der Waals surface area contributed by atoms with E-state index < -0.39 is 0 Å². The molecule has 0 fully saturated rings. The number of phenolic OH excluding ortho intramolecular Hbond substituents is 1. The maximum absolute atomic E-state index is 12.4. The van der Waals surface area contributed by atoms with Crippen LogP contribution in [0.2, 0.25) is 0 Å². The number of Topliss-reactive ketones (excluding diaryl/α,β-unsaturated/α-hetero) is 1. The first-order chi connectivity index (χ1) is 11.0. The number of imide groups is 1. The SMILES string of the molecule is CC(=O)Cc1ccc(O)c(CN2C(=O)c3ccccc3C2=O)c1. The average Bonchev–Trinajstić information content (AvgIpc) is 2.75. The third-order valence-electron chi connectivity index (χ3n) is 3.80. The Kier molecular flexibility index (Phi) is 3.70. The highest BCUT2D eigenvalue weighted by Gasteiger charge is 2.35. The van der Waals surface area contributed by atoms with Crippen molar-refractivity contribution in [1.29, 1.82) is 0 Å². The van der Waals surface area contributed by atoms with Gasteiger partial charge in [0.2, 0.25) is 0 Å². The second-order valence-electron chi connectivity index (χ2n) is 5.58. The fourth-order valence-corrected chi connectivity index (χ4v) is 2.72. The third-order valence-corrected chi connectivity index (χ3v) is 3.80. The molecule has 1 aliphatic heterocycles. The molecule has 5 heteroatoms. The van der Waals surface area contributed by atoms with Crippen LogP contribution in [0.25, 0.3) is 0 Å². The molecule has 1 heterocycles. The first-order valence-electron chi connectivity index (χ1n) is 7.23. The van der Waals surface area contributed by atoms with Crippen LogP contribution < -0.4 is 0 Å². The number of carbonyl (C=O) groups excluding carboxylic acids is 3. The smallest absolute Gasteiger partial charge is 0.261 e. The molecule has 1 aliphatic rings. The number of carbonyl (C=O) groups is 3. The first kappa shape index (κ1) is 15.0. The number of ketones is 1. The molecule has 0 unspecified atom stereocenters. The molecule has 2 aromatic carbocycles. The van der Waals surface area contributed by atoms with Crippen LogP contribution in [-0.4, -0.2) is 27.6 Å². The number of benzene rings is 2. The van der Waals surface area contributed by atoms with Crippen molar-refractivity contribution in [1.82, 2.24) is 4.90 Å². The molecule has 2 aromatic rings. The monoisotopic (exact) mass is 309 g/mol. The van der Waals surface area contributed by atoms with E-state index in [-0.39, 0.29) is 36.3 Å². The summed E-state index contributed by atoms with van der Waals surface area (Å²) in [6.07, 6.45) is 0.245. The summed E-state index contributed by atoms with van der Waals surface area (Å²) in [5.41, 5.74) is 1.92. The van der Waals surface area contributed by atoms with E-state index in [2.05, 4.69) is 0 Å². The highest BCUT2D eigenvalue weighted by molar-refractivity contribution is 6.21. The van der Waals surface area contributed by atoms with Gasteiger partial charge in [0, 0.05) is 12.0 Å². The molecular weight excluding hydrogens is 294 g/mol. The highest BCUT2D eigenvalue weighted by atomic mass is 16.3. The van der Waals surface area contributed by atoms with E-state index in [9.17, 15) is 19.5 Å². The number of aromatic hydroxyl groups is 1. The molecule has 0 saturated carbocycles. The summed E-state index contributed by atoms with van der Waals surface area (Å²) < 4.78 is 0. The van der Waals surface area contributed by atoms with Gasteiger partial charge in [-0.3, -0.25) is 19.3 Å². The van der Waals surface area contributed by atoms with Gasteiger partial charge in [-0.15, -0.1) is 0 Å². The van der Waals surface area contributed by atoms with Crippen LogP contribution in [0.3, 0.4) is 0 Å². The van der Waals surface area contributed by atoms with Crippen molar-refractivity contribution in [2.45, 2.75) is 19.9 Å². The minimum absolute atomic E-state index is 0.00219. The maximum Gasteiger partial charge on any atom is 0.261 e. The van der Waals surface area contributed by atoms with Gasteiger partial charge in [-0.2, -0.15) is 0 Å². The van der Waals surface area contributed by atoms with Crippen molar-refractivity contribution in [3.05, 3.63) is 64.7 Å². The zero-order valence-electron chi connectivity index (χ0n) is 12.6. The highest BCUT2D eigenvalue weighted by Crippen LogP contribution is 2.27. The molecule has 0 saturated heterocycles. The van der Waals surface area contributed by atoms with Gasteiger partial charge in [-0.25, -0.2) is 0 Å². The molecule has 1 N–H and O–H groups in total. The second kappa shape index (κ2) is 5.68. The lowest BCUT2D eigenvalue weighted by molar-refractivity contribution is -0.116. The van der Waals surface area contributed by atoms with Crippen LogP contribution in [0.5, 0.6) is 5.75 Å². The van der Waals surface area contributed by atoms with Crippen LogP contribution in [-0.2, 0) is 17.8 Å². The summed E-state index contributed by atoms with van der Waals surface area (Å²) in [7, 11) is 0. The largest absolute Gasteiger partial charge is 0.508 e. The Morgan fingerprint density at radius 2 is 1.65 bits per heavy atom. The molecule has 0 aliphatic carbocycles. The minimum atomic E-state index is -0.373. The van der Waals surface area contributed by atoms with E-state index in [4.69, 9.17) is 0 Å². The van der Waals surface area contributed by atoms with Gasteiger partial charge in [-0.1, -0.05) is 18.2 Å². The van der Waals surface area contributed by atoms with Gasteiger partial charge in [-0.05, 0) is 36.8 Å². The number of amides is 2. The Balaban J connectivity index is 1.90. The van der Waals surface area contributed by atoms with Crippen LogP contribution >= 0.6 is 0 Å². The topological polar surface area (TPSA) is 74.7 Å². The summed E-state index contributed by atoms with van der Waals surface area (Å²) in [5.74, 6) is -0.750. The summed E-state index contributed by atoms with van der Waals surface area (Å²) in [4.78, 5) is 37.0. The van der Waals surface area contributed by atoms with Crippen molar-refractivity contribution in [2.75, 3.05) is 0 Å². The molecule has 0 bridgehead atoms. The standard InChI is InChI=1S/C18H15NO4/c1-11(20)8-12-6-7-16(21)13(9-12)10-19-17(22)14-4-2-3-5-15(14)18(19)23/h2-7,9,21H,8,10H2,1H3. The fourth-order valence-electron chi connectivity index (χ4n) is 2.72. The number of nitrogens with zero attached hydrogens (tertiary/aromatic N) is 1. The summed E-state index contributed by atoms with van der Waals surface area (Å²) in [6.45, 7) is 1.46. The number of rotatable bonds is 4. The van der Waals surface area contributed by atoms with Crippen molar-refractivity contribution in [3.8, 4) is 5.75 Å². The molecule has 0 aromatic heterocycles. The summed E-state index contributed by atoms with van der Waals surface area (Å²) >= 11 is 0. The first-order valence-corrected chi connectivity index (χ1v) is 7.23. The molecule has 0 atom stereocenters.